The van der Waals surface area contributed by atoms with Crippen molar-refractivity contribution in [3.8, 4) is 0 Å². The third-order valence-electron chi connectivity index (χ3n) is 7.71. The second kappa shape index (κ2) is 8.34. The minimum absolute atomic E-state index is 0.0160. The highest BCUT2D eigenvalue weighted by Crippen LogP contribution is 2.52. The van der Waals surface area contributed by atoms with Crippen molar-refractivity contribution in [2.75, 3.05) is 27.2 Å². The molecule has 2 aliphatic rings. The fourth-order valence-electron chi connectivity index (χ4n) is 5.91. The number of para-hydroxylation sites is 1. The summed E-state index contributed by atoms with van der Waals surface area (Å²) in [4.78, 5) is 33.0. The standard InChI is InChI=1S/C27H32N4O2/c1-30(2)25(32)21-16-27(22-9-5-3-8-20(21)22)11-13-31(14-12-27)26(33)23(28)15-18-17-29-24-10-6-4-7-19(18)24/h3-10,17,21,23,29H,11-16,28H2,1-2H3/t21-,23-/m1/s1. The lowest BCUT2D eigenvalue weighted by molar-refractivity contribution is -0.135. The van der Waals surface area contributed by atoms with Gasteiger partial charge in [0.15, 0.2) is 0 Å². The Balaban J connectivity index is 1.28. The summed E-state index contributed by atoms with van der Waals surface area (Å²) < 4.78 is 0. The van der Waals surface area contributed by atoms with Gasteiger partial charge < -0.3 is 20.5 Å². The molecule has 2 aromatic carbocycles. The normalized spacial score (nSPS) is 20.1. The zero-order valence-corrected chi connectivity index (χ0v) is 19.4. The highest BCUT2D eigenvalue weighted by molar-refractivity contribution is 5.87. The van der Waals surface area contributed by atoms with Gasteiger partial charge >= 0.3 is 0 Å². The number of likely N-dealkylation sites (tertiary alicyclic amines) is 1. The number of nitrogens with one attached hydrogen (secondary N) is 1. The van der Waals surface area contributed by atoms with Crippen molar-refractivity contribution in [1.29, 1.82) is 0 Å². The van der Waals surface area contributed by atoms with Crippen LogP contribution in [0.4, 0.5) is 0 Å². The molecule has 1 fully saturated rings. The van der Waals surface area contributed by atoms with Crippen molar-refractivity contribution in [2.45, 2.75) is 43.1 Å². The maximum Gasteiger partial charge on any atom is 0.239 e. The van der Waals surface area contributed by atoms with Gasteiger partial charge in [0.25, 0.3) is 0 Å². The molecule has 6 nitrogen and oxygen atoms in total. The lowest BCUT2D eigenvalue weighted by Gasteiger charge is -2.41. The number of hydrogen-bond acceptors (Lipinski definition) is 3. The number of nitrogens with zero attached hydrogens (tertiary/aromatic N) is 2. The van der Waals surface area contributed by atoms with Gasteiger partial charge in [-0.15, -0.1) is 0 Å². The summed E-state index contributed by atoms with van der Waals surface area (Å²) in [5.41, 5.74) is 10.9. The number of aromatic nitrogens is 1. The molecule has 0 bridgehead atoms. The average Bonchev–Trinajstić information content (AvgIpc) is 3.38. The van der Waals surface area contributed by atoms with Crippen LogP contribution < -0.4 is 5.73 Å². The van der Waals surface area contributed by atoms with Crippen molar-refractivity contribution >= 4 is 22.7 Å². The van der Waals surface area contributed by atoms with Gasteiger partial charge in [0, 0.05) is 49.7 Å². The van der Waals surface area contributed by atoms with E-state index in [-0.39, 0.29) is 23.1 Å². The number of hydrogen-bond donors (Lipinski definition) is 2. The summed E-state index contributed by atoms with van der Waals surface area (Å²) in [6.07, 6.45) is 5.04. The monoisotopic (exact) mass is 444 g/mol. The summed E-state index contributed by atoms with van der Waals surface area (Å²) in [7, 11) is 3.65. The van der Waals surface area contributed by atoms with Gasteiger partial charge in [-0.3, -0.25) is 9.59 Å². The van der Waals surface area contributed by atoms with Crippen LogP contribution in [0.2, 0.25) is 0 Å². The Morgan fingerprint density at radius 2 is 1.82 bits per heavy atom. The second-order valence-corrected chi connectivity index (χ2v) is 9.85. The SMILES string of the molecule is CN(C)C(=O)[C@@H]1CC2(CCN(C(=O)[C@H](N)Cc3c[nH]c4ccccc34)CC2)c2ccccc21. The minimum atomic E-state index is -0.558. The number of carbonyl (C=O) groups excluding carboxylic acids is 2. The Morgan fingerprint density at radius 3 is 2.58 bits per heavy atom. The van der Waals surface area contributed by atoms with Crippen LogP contribution in [0.3, 0.4) is 0 Å². The molecule has 1 saturated heterocycles. The van der Waals surface area contributed by atoms with Gasteiger partial charge in [-0.2, -0.15) is 0 Å². The van der Waals surface area contributed by atoms with E-state index in [4.69, 9.17) is 5.73 Å². The van der Waals surface area contributed by atoms with Crippen molar-refractivity contribution in [2.24, 2.45) is 5.73 Å². The van der Waals surface area contributed by atoms with Crippen molar-refractivity contribution in [3.05, 3.63) is 71.4 Å². The van der Waals surface area contributed by atoms with E-state index < -0.39 is 6.04 Å². The Morgan fingerprint density at radius 1 is 1.12 bits per heavy atom. The molecule has 2 atom stereocenters. The van der Waals surface area contributed by atoms with Crippen LogP contribution >= 0.6 is 0 Å². The van der Waals surface area contributed by atoms with Crippen molar-refractivity contribution < 1.29 is 9.59 Å². The molecule has 172 valence electrons. The summed E-state index contributed by atoms with van der Waals surface area (Å²) in [6.45, 7) is 1.36. The number of amides is 2. The maximum atomic E-state index is 13.2. The zero-order valence-electron chi connectivity index (χ0n) is 19.4. The average molecular weight is 445 g/mol. The van der Waals surface area contributed by atoms with Crippen LogP contribution in [0.15, 0.2) is 54.7 Å². The van der Waals surface area contributed by atoms with E-state index in [0.29, 0.717) is 19.5 Å². The van der Waals surface area contributed by atoms with Crippen LogP contribution in [-0.4, -0.2) is 59.8 Å². The Bertz CT molecular complexity index is 1190. The molecule has 1 spiro atoms. The summed E-state index contributed by atoms with van der Waals surface area (Å²) in [5.74, 6) is 0.0866. The van der Waals surface area contributed by atoms with E-state index in [1.165, 1.54) is 5.56 Å². The zero-order chi connectivity index (χ0) is 23.2. The fraction of sp³-hybridized carbons (Fsp3) is 0.407. The molecule has 5 rings (SSSR count). The maximum absolute atomic E-state index is 13.2. The highest BCUT2D eigenvalue weighted by Gasteiger charge is 2.48. The van der Waals surface area contributed by atoms with Gasteiger partial charge in [0.05, 0.1) is 12.0 Å². The molecule has 2 amide bonds. The summed E-state index contributed by atoms with van der Waals surface area (Å²) in [6, 6.07) is 15.9. The first kappa shape index (κ1) is 21.7. The topological polar surface area (TPSA) is 82.4 Å². The van der Waals surface area contributed by atoms with E-state index >= 15 is 0 Å². The number of aromatic amines is 1. The smallest absolute Gasteiger partial charge is 0.239 e. The Labute approximate surface area is 194 Å². The van der Waals surface area contributed by atoms with E-state index in [2.05, 4.69) is 29.2 Å². The van der Waals surface area contributed by atoms with Gasteiger partial charge in [0.1, 0.15) is 0 Å². The number of nitrogens with two attached hydrogens (primary N) is 1. The largest absolute Gasteiger partial charge is 0.361 e. The van der Waals surface area contributed by atoms with E-state index in [1.807, 2.05) is 49.5 Å². The number of fused-ring (bicyclic) bond motifs is 3. The minimum Gasteiger partial charge on any atom is -0.361 e. The lowest BCUT2D eigenvalue weighted by atomic mass is 9.73. The second-order valence-electron chi connectivity index (χ2n) is 9.85. The Hall–Kier alpha value is -3.12. The van der Waals surface area contributed by atoms with Crippen LogP contribution in [0.5, 0.6) is 0 Å². The Kier molecular flexibility index (Phi) is 5.49. The van der Waals surface area contributed by atoms with Crippen LogP contribution in [0.25, 0.3) is 10.9 Å². The molecule has 6 heteroatoms. The number of benzene rings is 2. The quantitative estimate of drug-likeness (QED) is 0.648. The predicted octanol–water partition coefficient (Wildman–Crippen LogP) is 3.17. The molecular formula is C27H32N4O2. The molecule has 0 unspecified atom stereocenters. The third-order valence-corrected chi connectivity index (χ3v) is 7.71. The molecule has 3 aromatic rings. The first-order valence-corrected chi connectivity index (χ1v) is 11.8. The van der Waals surface area contributed by atoms with Crippen LogP contribution in [-0.2, 0) is 21.4 Å². The molecule has 1 aliphatic carbocycles. The van der Waals surface area contributed by atoms with Crippen molar-refractivity contribution in [3.63, 3.8) is 0 Å². The van der Waals surface area contributed by atoms with Crippen molar-refractivity contribution in [1.82, 2.24) is 14.8 Å². The highest BCUT2D eigenvalue weighted by atomic mass is 16.2. The number of piperidine rings is 1. The van der Waals surface area contributed by atoms with E-state index in [1.54, 1.807) is 4.90 Å². The first-order chi connectivity index (χ1) is 15.9. The predicted molar refractivity (Wildman–Crippen MR) is 130 cm³/mol. The number of carbonyl (C=O) groups is 2. The van der Waals surface area contributed by atoms with E-state index in [9.17, 15) is 9.59 Å². The van der Waals surface area contributed by atoms with Gasteiger partial charge in [0.2, 0.25) is 11.8 Å². The molecule has 1 aromatic heterocycles. The molecule has 1 aliphatic heterocycles. The molecule has 33 heavy (non-hydrogen) atoms. The van der Waals surface area contributed by atoms with Gasteiger partial charge in [-0.25, -0.2) is 0 Å². The molecule has 2 heterocycles. The molecule has 3 N–H and O–H groups in total. The number of likely N-dealkylation sites (N-methyl/N-ethyl adjacent to an activating group) is 1. The first-order valence-electron chi connectivity index (χ1n) is 11.8. The van der Waals surface area contributed by atoms with Crippen LogP contribution in [0.1, 0.15) is 41.9 Å². The third kappa shape index (κ3) is 3.72. The summed E-state index contributed by atoms with van der Waals surface area (Å²) in [5, 5.41) is 1.12. The lowest BCUT2D eigenvalue weighted by Crippen LogP contribution is -2.50. The van der Waals surface area contributed by atoms with Gasteiger partial charge in [-0.05, 0) is 48.4 Å². The van der Waals surface area contributed by atoms with Crippen LogP contribution in [0, 0.1) is 0 Å². The van der Waals surface area contributed by atoms with E-state index in [0.717, 1.165) is 41.3 Å². The number of H-pyrrole nitrogens is 1. The molecule has 0 radical (unpaired) electrons. The molecule has 0 saturated carbocycles. The molecular weight excluding hydrogens is 412 g/mol. The van der Waals surface area contributed by atoms with Gasteiger partial charge in [-0.1, -0.05) is 42.5 Å². The number of rotatable bonds is 4. The fourth-order valence-corrected chi connectivity index (χ4v) is 5.91. The summed E-state index contributed by atoms with van der Waals surface area (Å²) >= 11 is 0.